The third-order valence-electron chi connectivity index (χ3n) is 4.35. The molecular formula is C19H19N5O3. The lowest BCUT2D eigenvalue weighted by Gasteiger charge is -2.10. The number of hydrogen-bond acceptors (Lipinski definition) is 7. The van der Waals surface area contributed by atoms with Gasteiger partial charge in [0, 0.05) is 11.6 Å². The monoisotopic (exact) mass is 365 g/mol. The van der Waals surface area contributed by atoms with Crippen LogP contribution in [0.2, 0.25) is 0 Å². The molecule has 8 heteroatoms. The van der Waals surface area contributed by atoms with Crippen molar-refractivity contribution in [1.29, 1.82) is 0 Å². The number of hydrogen-bond donors (Lipinski definition) is 1. The van der Waals surface area contributed by atoms with Crippen molar-refractivity contribution in [3.05, 3.63) is 48.1 Å². The number of nitrogens with one attached hydrogen (secondary N) is 1. The Morgan fingerprint density at radius 1 is 1.04 bits per heavy atom. The molecule has 3 aromatic heterocycles. The number of aromatic nitrogens is 4. The maximum Gasteiger partial charge on any atom is 0.173 e. The van der Waals surface area contributed by atoms with Crippen LogP contribution in [0, 0.1) is 13.8 Å². The molecular weight excluding hydrogens is 346 g/mol. The van der Waals surface area contributed by atoms with Crippen molar-refractivity contribution in [2.75, 3.05) is 19.5 Å². The zero-order chi connectivity index (χ0) is 19.0. The first-order valence-corrected chi connectivity index (χ1v) is 8.37. The Bertz CT molecular complexity index is 1100. The lowest BCUT2D eigenvalue weighted by atomic mass is 10.1. The molecule has 0 atom stereocenters. The van der Waals surface area contributed by atoms with E-state index in [2.05, 4.69) is 15.6 Å². The highest BCUT2D eigenvalue weighted by atomic mass is 16.5. The van der Waals surface area contributed by atoms with Gasteiger partial charge in [0.1, 0.15) is 6.26 Å². The van der Waals surface area contributed by atoms with Crippen molar-refractivity contribution in [3.63, 3.8) is 0 Å². The largest absolute Gasteiger partial charge is 0.493 e. The van der Waals surface area contributed by atoms with Gasteiger partial charge in [-0.2, -0.15) is 5.10 Å². The van der Waals surface area contributed by atoms with Crippen molar-refractivity contribution in [3.8, 4) is 22.6 Å². The predicted molar refractivity (Wildman–Crippen MR) is 101 cm³/mol. The van der Waals surface area contributed by atoms with E-state index in [-0.39, 0.29) is 0 Å². The Kier molecular flexibility index (Phi) is 4.15. The van der Waals surface area contributed by atoms with Gasteiger partial charge in [0.2, 0.25) is 0 Å². The van der Waals surface area contributed by atoms with Gasteiger partial charge in [-0.05, 0) is 31.5 Å². The topological polar surface area (TPSA) is 86.7 Å². The Labute approximate surface area is 155 Å². The van der Waals surface area contributed by atoms with Crippen molar-refractivity contribution < 1.29 is 14.0 Å². The predicted octanol–water partition coefficient (Wildman–Crippen LogP) is 3.76. The highest BCUT2D eigenvalue weighted by Gasteiger charge is 2.17. The van der Waals surface area contributed by atoms with Crippen LogP contribution >= 0.6 is 0 Å². The molecule has 0 saturated heterocycles. The maximum absolute atomic E-state index is 5.43. The molecule has 1 aromatic carbocycles. The molecule has 3 heterocycles. The highest BCUT2D eigenvalue weighted by Crippen LogP contribution is 2.35. The van der Waals surface area contributed by atoms with Crippen LogP contribution in [-0.2, 0) is 0 Å². The molecule has 138 valence electrons. The molecule has 0 bridgehead atoms. The van der Waals surface area contributed by atoms with Crippen LogP contribution < -0.4 is 14.8 Å². The van der Waals surface area contributed by atoms with E-state index < -0.39 is 0 Å². The Morgan fingerprint density at radius 2 is 1.85 bits per heavy atom. The summed E-state index contributed by atoms with van der Waals surface area (Å²) in [5.74, 6) is 1.96. The number of methoxy groups -OCH3 is 2. The lowest BCUT2D eigenvalue weighted by Crippen LogP contribution is -2.00. The summed E-state index contributed by atoms with van der Waals surface area (Å²) < 4.78 is 17.4. The highest BCUT2D eigenvalue weighted by molar-refractivity contribution is 5.82. The van der Waals surface area contributed by atoms with E-state index in [1.807, 2.05) is 38.2 Å². The Morgan fingerprint density at radius 3 is 2.56 bits per heavy atom. The number of fused-ring (bicyclic) bond motifs is 1. The van der Waals surface area contributed by atoms with Crippen molar-refractivity contribution in [1.82, 2.24) is 19.8 Å². The normalized spacial score (nSPS) is 11.0. The van der Waals surface area contributed by atoms with Gasteiger partial charge < -0.3 is 19.3 Å². The van der Waals surface area contributed by atoms with Crippen LogP contribution in [0.4, 0.5) is 11.5 Å². The van der Waals surface area contributed by atoms with E-state index in [4.69, 9.17) is 19.0 Å². The van der Waals surface area contributed by atoms with Crippen molar-refractivity contribution >= 4 is 17.2 Å². The number of rotatable bonds is 5. The first-order valence-electron chi connectivity index (χ1n) is 8.37. The smallest absolute Gasteiger partial charge is 0.173 e. The van der Waals surface area contributed by atoms with Crippen LogP contribution in [0.25, 0.3) is 16.8 Å². The fourth-order valence-corrected chi connectivity index (χ4v) is 3.03. The van der Waals surface area contributed by atoms with Crippen molar-refractivity contribution in [2.24, 2.45) is 0 Å². The molecule has 0 aliphatic heterocycles. The molecule has 0 radical (unpaired) electrons. The molecule has 4 rings (SSSR count). The summed E-state index contributed by atoms with van der Waals surface area (Å²) in [6.07, 6.45) is 3.40. The molecule has 0 aliphatic carbocycles. The minimum atomic E-state index is 0.614. The Hall–Kier alpha value is -3.55. The van der Waals surface area contributed by atoms with Gasteiger partial charge in [-0.15, -0.1) is 0 Å². The van der Waals surface area contributed by atoms with Gasteiger partial charge >= 0.3 is 0 Å². The third kappa shape index (κ3) is 2.95. The minimum Gasteiger partial charge on any atom is -0.493 e. The average molecular weight is 365 g/mol. The van der Waals surface area contributed by atoms with Crippen LogP contribution in [0.3, 0.4) is 0 Å². The van der Waals surface area contributed by atoms with Gasteiger partial charge in [0.25, 0.3) is 0 Å². The molecule has 0 saturated carbocycles. The average Bonchev–Trinajstić information content (AvgIpc) is 3.28. The fourth-order valence-electron chi connectivity index (χ4n) is 3.03. The van der Waals surface area contributed by atoms with Gasteiger partial charge in [0.05, 0.1) is 37.5 Å². The van der Waals surface area contributed by atoms with Crippen LogP contribution in [0.15, 0.2) is 41.2 Å². The second-order valence-electron chi connectivity index (χ2n) is 6.05. The van der Waals surface area contributed by atoms with Crippen LogP contribution in [-0.4, -0.2) is 34.0 Å². The number of aryl methyl sites for hydroxylation is 2. The van der Waals surface area contributed by atoms with E-state index in [9.17, 15) is 0 Å². The summed E-state index contributed by atoms with van der Waals surface area (Å²) in [7, 11) is 3.24. The molecule has 0 fully saturated rings. The number of benzene rings is 1. The molecule has 8 nitrogen and oxygen atoms in total. The molecule has 0 amide bonds. The molecule has 0 spiro atoms. The number of ether oxygens (including phenoxy) is 2. The van der Waals surface area contributed by atoms with E-state index in [0.717, 1.165) is 33.8 Å². The fraction of sp³-hybridized carbons (Fsp3) is 0.211. The van der Waals surface area contributed by atoms with Crippen LogP contribution in [0.5, 0.6) is 11.5 Å². The standard InChI is InChI=1S/C19H19N5O3/c1-11-14(21-17-7-8-27-23-17)10-24-19(20-11)18(12(2)22-24)13-5-6-15(25-3)16(9-13)26-4/h5-10H,1-4H3,(H,21,23). The van der Waals surface area contributed by atoms with E-state index in [0.29, 0.717) is 17.3 Å². The number of nitrogens with zero attached hydrogens (tertiary/aromatic N) is 4. The zero-order valence-electron chi connectivity index (χ0n) is 15.5. The first kappa shape index (κ1) is 16.9. The molecule has 0 unspecified atom stereocenters. The Balaban J connectivity index is 1.82. The van der Waals surface area contributed by atoms with Gasteiger partial charge in [0.15, 0.2) is 23.0 Å². The van der Waals surface area contributed by atoms with Gasteiger partial charge in [-0.3, -0.25) is 0 Å². The van der Waals surface area contributed by atoms with Gasteiger partial charge in [-0.25, -0.2) is 9.50 Å². The van der Waals surface area contributed by atoms with E-state index in [1.54, 1.807) is 24.8 Å². The minimum absolute atomic E-state index is 0.614. The second-order valence-corrected chi connectivity index (χ2v) is 6.05. The third-order valence-corrected chi connectivity index (χ3v) is 4.35. The molecule has 1 N–H and O–H groups in total. The summed E-state index contributed by atoms with van der Waals surface area (Å²) >= 11 is 0. The summed E-state index contributed by atoms with van der Waals surface area (Å²) in [5, 5.41) is 11.7. The maximum atomic E-state index is 5.43. The lowest BCUT2D eigenvalue weighted by molar-refractivity contribution is 0.355. The first-order chi connectivity index (χ1) is 13.1. The SMILES string of the molecule is COc1ccc(-c2c(C)nn3cc(Nc4ccon4)c(C)nc23)cc1OC. The summed E-state index contributed by atoms with van der Waals surface area (Å²) in [6, 6.07) is 7.53. The van der Waals surface area contributed by atoms with Crippen molar-refractivity contribution in [2.45, 2.75) is 13.8 Å². The van der Waals surface area contributed by atoms with E-state index >= 15 is 0 Å². The van der Waals surface area contributed by atoms with Gasteiger partial charge in [-0.1, -0.05) is 11.2 Å². The second kappa shape index (κ2) is 6.64. The molecule has 0 aliphatic rings. The number of anilines is 2. The quantitative estimate of drug-likeness (QED) is 0.576. The summed E-state index contributed by atoms with van der Waals surface area (Å²) in [6.45, 7) is 3.89. The summed E-state index contributed by atoms with van der Waals surface area (Å²) in [4.78, 5) is 4.76. The summed E-state index contributed by atoms with van der Waals surface area (Å²) in [5.41, 5.74) is 5.18. The van der Waals surface area contributed by atoms with Crippen LogP contribution in [0.1, 0.15) is 11.4 Å². The molecule has 4 aromatic rings. The van der Waals surface area contributed by atoms with E-state index in [1.165, 1.54) is 6.26 Å². The molecule has 27 heavy (non-hydrogen) atoms. The zero-order valence-corrected chi connectivity index (χ0v) is 15.5.